The SMILES string of the molecule is Cc1cccc(OCC2=Cc3cc(O)ccc3S2(=O)=O)c1. The molecule has 0 spiro atoms. The number of aromatic hydroxyl groups is 1. The molecule has 0 bridgehead atoms. The number of rotatable bonds is 3. The molecule has 0 atom stereocenters. The van der Waals surface area contributed by atoms with Crippen molar-refractivity contribution in [2.75, 3.05) is 6.61 Å². The highest BCUT2D eigenvalue weighted by Gasteiger charge is 2.30. The van der Waals surface area contributed by atoms with Crippen LogP contribution in [0.15, 0.2) is 52.3 Å². The van der Waals surface area contributed by atoms with Gasteiger partial charge in [0, 0.05) is 0 Å². The van der Waals surface area contributed by atoms with Crippen molar-refractivity contribution >= 4 is 15.9 Å². The molecule has 1 heterocycles. The Balaban J connectivity index is 1.86. The number of phenols is 1. The Hall–Kier alpha value is -2.27. The van der Waals surface area contributed by atoms with Gasteiger partial charge in [0.2, 0.25) is 9.84 Å². The third-order valence-corrected chi connectivity index (χ3v) is 5.19. The van der Waals surface area contributed by atoms with Crippen molar-refractivity contribution in [3.05, 3.63) is 58.5 Å². The van der Waals surface area contributed by atoms with Gasteiger partial charge in [0.05, 0.1) is 9.80 Å². The smallest absolute Gasteiger partial charge is 0.206 e. The van der Waals surface area contributed by atoms with Gasteiger partial charge in [-0.25, -0.2) is 8.42 Å². The zero-order chi connectivity index (χ0) is 15.0. The number of hydrogen-bond acceptors (Lipinski definition) is 4. The maximum Gasteiger partial charge on any atom is 0.206 e. The Morgan fingerprint density at radius 1 is 1.14 bits per heavy atom. The first-order chi connectivity index (χ1) is 9.96. The lowest BCUT2D eigenvalue weighted by Gasteiger charge is -2.08. The van der Waals surface area contributed by atoms with Crippen LogP contribution in [0, 0.1) is 6.92 Å². The van der Waals surface area contributed by atoms with Gasteiger partial charge in [-0.1, -0.05) is 12.1 Å². The highest BCUT2D eigenvalue weighted by Crippen LogP contribution is 2.34. The van der Waals surface area contributed by atoms with E-state index in [2.05, 4.69) is 0 Å². The van der Waals surface area contributed by atoms with E-state index < -0.39 is 9.84 Å². The average molecular weight is 302 g/mol. The maximum absolute atomic E-state index is 12.4. The van der Waals surface area contributed by atoms with Crippen molar-refractivity contribution in [1.82, 2.24) is 0 Å². The summed E-state index contributed by atoms with van der Waals surface area (Å²) in [5, 5.41) is 9.44. The number of aryl methyl sites for hydroxylation is 1. The lowest BCUT2D eigenvalue weighted by Crippen LogP contribution is -2.09. The van der Waals surface area contributed by atoms with E-state index in [1.807, 2.05) is 25.1 Å². The van der Waals surface area contributed by atoms with Crippen molar-refractivity contribution in [3.63, 3.8) is 0 Å². The minimum Gasteiger partial charge on any atom is -0.508 e. The Kier molecular flexibility index (Phi) is 3.22. The highest BCUT2D eigenvalue weighted by atomic mass is 32.2. The van der Waals surface area contributed by atoms with Crippen molar-refractivity contribution in [2.24, 2.45) is 0 Å². The first kappa shape index (κ1) is 13.7. The van der Waals surface area contributed by atoms with Crippen LogP contribution in [0.4, 0.5) is 0 Å². The van der Waals surface area contributed by atoms with E-state index in [1.54, 1.807) is 12.1 Å². The number of phenolic OH excluding ortho intramolecular Hbond substituents is 1. The molecule has 1 N–H and O–H groups in total. The monoisotopic (exact) mass is 302 g/mol. The standard InChI is InChI=1S/C16H14O4S/c1-11-3-2-4-14(7-11)20-10-15-9-12-8-13(17)5-6-16(12)21(15,18)19/h2-9,17H,10H2,1H3. The molecule has 1 aliphatic rings. The predicted octanol–water partition coefficient (Wildman–Crippen LogP) is 2.91. The van der Waals surface area contributed by atoms with Crippen LogP contribution < -0.4 is 4.74 Å². The third kappa shape index (κ3) is 2.52. The van der Waals surface area contributed by atoms with Crippen LogP contribution in [0.5, 0.6) is 11.5 Å². The molecule has 2 aromatic rings. The van der Waals surface area contributed by atoms with Gasteiger partial charge < -0.3 is 9.84 Å². The molecule has 3 rings (SSSR count). The van der Waals surface area contributed by atoms with Crippen LogP contribution in [0.3, 0.4) is 0 Å². The summed E-state index contributed by atoms with van der Waals surface area (Å²) >= 11 is 0. The Morgan fingerprint density at radius 2 is 1.95 bits per heavy atom. The predicted molar refractivity (Wildman–Crippen MR) is 79.9 cm³/mol. The van der Waals surface area contributed by atoms with E-state index in [1.165, 1.54) is 18.2 Å². The normalized spacial score (nSPS) is 15.4. The van der Waals surface area contributed by atoms with Gasteiger partial charge in [-0.2, -0.15) is 0 Å². The molecular weight excluding hydrogens is 288 g/mol. The Morgan fingerprint density at radius 3 is 2.71 bits per heavy atom. The fraction of sp³-hybridized carbons (Fsp3) is 0.125. The summed E-state index contributed by atoms with van der Waals surface area (Å²) in [5.41, 5.74) is 1.54. The lowest BCUT2D eigenvalue weighted by molar-refractivity contribution is 0.359. The summed E-state index contributed by atoms with van der Waals surface area (Å²) in [6.07, 6.45) is 1.54. The van der Waals surface area contributed by atoms with E-state index in [4.69, 9.17) is 4.74 Å². The molecule has 108 valence electrons. The highest BCUT2D eigenvalue weighted by molar-refractivity contribution is 7.95. The van der Waals surface area contributed by atoms with Crippen molar-refractivity contribution in [1.29, 1.82) is 0 Å². The second-order valence-corrected chi connectivity index (χ2v) is 6.91. The van der Waals surface area contributed by atoms with Crippen molar-refractivity contribution < 1.29 is 18.3 Å². The first-order valence-electron chi connectivity index (χ1n) is 6.45. The quantitative estimate of drug-likeness (QED) is 0.947. The molecule has 0 amide bonds. The van der Waals surface area contributed by atoms with Crippen LogP contribution in [-0.2, 0) is 9.84 Å². The van der Waals surface area contributed by atoms with Gasteiger partial charge in [0.1, 0.15) is 18.1 Å². The summed E-state index contributed by atoms with van der Waals surface area (Å²) in [5.74, 6) is 0.672. The molecule has 5 heteroatoms. The molecule has 0 saturated carbocycles. The summed E-state index contributed by atoms with van der Waals surface area (Å²) in [6, 6.07) is 11.7. The zero-order valence-corrected chi connectivity index (χ0v) is 12.2. The molecule has 0 saturated heterocycles. The van der Waals surface area contributed by atoms with Gasteiger partial charge in [-0.3, -0.25) is 0 Å². The second kappa shape index (κ2) is 4.93. The summed E-state index contributed by atoms with van der Waals surface area (Å²) < 4.78 is 30.3. The van der Waals surface area contributed by atoms with Crippen molar-refractivity contribution in [3.8, 4) is 11.5 Å². The number of benzene rings is 2. The van der Waals surface area contributed by atoms with E-state index in [0.29, 0.717) is 11.3 Å². The minimum atomic E-state index is -3.52. The Bertz CT molecular complexity index is 835. The van der Waals surface area contributed by atoms with Gasteiger partial charge in [0.25, 0.3) is 0 Å². The fourth-order valence-electron chi connectivity index (χ4n) is 2.26. The van der Waals surface area contributed by atoms with Gasteiger partial charge in [-0.05, 0) is 54.5 Å². The van der Waals surface area contributed by atoms with Crippen LogP contribution in [0.1, 0.15) is 11.1 Å². The lowest BCUT2D eigenvalue weighted by atomic mass is 10.2. The third-order valence-electron chi connectivity index (χ3n) is 3.32. The van der Waals surface area contributed by atoms with E-state index >= 15 is 0 Å². The van der Waals surface area contributed by atoms with Crippen LogP contribution in [0.2, 0.25) is 0 Å². The van der Waals surface area contributed by atoms with Crippen LogP contribution in [-0.4, -0.2) is 20.1 Å². The number of sulfone groups is 1. The van der Waals surface area contributed by atoms with E-state index in [-0.39, 0.29) is 22.2 Å². The van der Waals surface area contributed by atoms with Crippen LogP contribution >= 0.6 is 0 Å². The molecule has 2 aromatic carbocycles. The largest absolute Gasteiger partial charge is 0.508 e. The molecule has 1 aliphatic heterocycles. The average Bonchev–Trinajstić information content (AvgIpc) is 2.67. The number of fused-ring (bicyclic) bond motifs is 1. The number of hydrogen-bond donors (Lipinski definition) is 1. The summed E-state index contributed by atoms with van der Waals surface area (Å²) in [4.78, 5) is 0.410. The molecule has 0 aliphatic carbocycles. The van der Waals surface area contributed by atoms with E-state index in [0.717, 1.165) is 5.56 Å². The molecule has 0 aromatic heterocycles. The zero-order valence-electron chi connectivity index (χ0n) is 11.4. The molecular formula is C16H14O4S. The maximum atomic E-state index is 12.4. The van der Waals surface area contributed by atoms with Crippen LogP contribution in [0.25, 0.3) is 6.08 Å². The fourth-order valence-corrected chi connectivity index (χ4v) is 3.72. The molecule has 0 radical (unpaired) electrons. The van der Waals surface area contributed by atoms with Gasteiger partial charge >= 0.3 is 0 Å². The first-order valence-corrected chi connectivity index (χ1v) is 7.93. The van der Waals surface area contributed by atoms with Crippen molar-refractivity contribution in [2.45, 2.75) is 11.8 Å². The number of ether oxygens (including phenoxy) is 1. The topological polar surface area (TPSA) is 63.6 Å². The summed E-state index contributed by atoms with van der Waals surface area (Å²) in [7, 11) is -3.52. The summed E-state index contributed by atoms with van der Waals surface area (Å²) in [6.45, 7) is 1.91. The molecule has 21 heavy (non-hydrogen) atoms. The van der Waals surface area contributed by atoms with Gasteiger partial charge in [0.15, 0.2) is 0 Å². The van der Waals surface area contributed by atoms with E-state index in [9.17, 15) is 13.5 Å². The van der Waals surface area contributed by atoms with Gasteiger partial charge in [-0.15, -0.1) is 0 Å². The second-order valence-electron chi connectivity index (χ2n) is 4.94. The minimum absolute atomic E-state index is 0.0266. The molecule has 0 unspecified atom stereocenters. The Labute approximate surface area is 123 Å². The molecule has 0 fully saturated rings. The molecule has 4 nitrogen and oxygen atoms in total.